The zero-order valence-electron chi connectivity index (χ0n) is 16.9. The smallest absolute Gasteiger partial charge is 0.248 e. The Hall–Kier alpha value is -2.26. The van der Waals surface area contributed by atoms with Gasteiger partial charge in [0.1, 0.15) is 5.69 Å². The molecule has 4 rings (SSSR count). The van der Waals surface area contributed by atoms with Gasteiger partial charge in [0, 0.05) is 43.0 Å². The highest BCUT2D eigenvalue weighted by Gasteiger charge is 2.14. The Morgan fingerprint density at radius 1 is 1.27 bits per heavy atom. The van der Waals surface area contributed by atoms with Crippen LogP contribution in [0.1, 0.15) is 16.8 Å². The molecule has 0 bridgehead atoms. The summed E-state index contributed by atoms with van der Waals surface area (Å²) in [4.78, 5) is 26.2. The van der Waals surface area contributed by atoms with Gasteiger partial charge in [0.25, 0.3) is 0 Å². The molecule has 30 heavy (non-hydrogen) atoms. The van der Waals surface area contributed by atoms with Crippen LogP contribution < -0.4 is 11.1 Å². The number of likely N-dealkylation sites (N-methyl/N-ethyl adjacent to an activating group) is 1. The van der Waals surface area contributed by atoms with Gasteiger partial charge in [-0.25, -0.2) is 9.97 Å². The molecule has 2 aromatic heterocycles. The van der Waals surface area contributed by atoms with Crippen molar-refractivity contribution in [1.29, 1.82) is 0 Å². The molecule has 1 aliphatic heterocycles. The molecule has 0 aliphatic carbocycles. The maximum Gasteiger partial charge on any atom is 0.248 e. The normalized spacial score (nSPS) is 15.5. The number of hydrogen-bond acceptors (Lipinski definition) is 7. The van der Waals surface area contributed by atoms with Crippen LogP contribution in [0.4, 0.5) is 5.95 Å². The minimum absolute atomic E-state index is 0.435. The fourth-order valence-electron chi connectivity index (χ4n) is 3.50. The number of rotatable bonds is 7. The molecule has 1 aromatic carbocycles. The summed E-state index contributed by atoms with van der Waals surface area (Å²) in [5.74, 6) is 0.137. The third-order valence-electron chi connectivity index (χ3n) is 5.31. The van der Waals surface area contributed by atoms with Crippen molar-refractivity contribution in [2.75, 3.05) is 51.6 Å². The summed E-state index contributed by atoms with van der Waals surface area (Å²) in [6.07, 6.45) is 2.66. The number of nitrogens with two attached hydrogens (primary N) is 1. The number of benzene rings is 1. The van der Waals surface area contributed by atoms with E-state index in [-0.39, 0.29) is 0 Å². The van der Waals surface area contributed by atoms with Gasteiger partial charge in [-0.2, -0.15) is 0 Å². The van der Waals surface area contributed by atoms with E-state index in [4.69, 9.17) is 17.3 Å². The molecule has 1 amide bonds. The van der Waals surface area contributed by atoms with Crippen molar-refractivity contribution < 1.29 is 4.79 Å². The Balaban J connectivity index is 1.41. The van der Waals surface area contributed by atoms with Crippen LogP contribution in [-0.4, -0.2) is 72.0 Å². The SMILES string of the molecule is CN1CCN(CCCNc2ncc(Cl)c(-c3cc4ccc(C(N)=O)cc4s3)n2)CC1. The lowest BCUT2D eigenvalue weighted by molar-refractivity contribution is 0.100. The molecule has 1 aliphatic rings. The molecule has 0 saturated carbocycles. The molecule has 1 saturated heterocycles. The van der Waals surface area contributed by atoms with E-state index < -0.39 is 5.91 Å². The molecule has 3 N–H and O–H groups in total. The molecule has 3 aromatic rings. The van der Waals surface area contributed by atoms with Crippen LogP contribution in [0.2, 0.25) is 5.02 Å². The predicted molar refractivity (Wildman–Crippen MR) is 123 cm³/mol. The maximum atomic E-state index is 11.4. The van der Waals surface area contributed by atoms with Gasteiger partial charge in [0.2, 0.25) is 11.9 Å². The van der Waals surface area contributed by atoms with E-state index in [0.29, 0.717) is 22.2 Å². The molecule has 7 nitrogen and oxygen atoms in total. The van der Waals surface area contributed by atoms with Crippen LogP contribution in [0.5, 0.6) is 0 Å². The van der Waals surface area contributed by atoms with Crippen LogP contribution in [0.25, 0.3) is 20.7 Å². The monoisotopic (exact) mass is 444 g/mol. The molecule has 158 valence electrons. The molecule has 1 fully saturated rings. The molecular formula is C21H25ClN6OS. The lowest BCUT2D eigenvalue weighted by atomic mass is 10.1. The summed E-state index contributed by atoms with van der Waals surface area (Å²) < 4.78 is 0.970. The largest absolute Gasteiger partial charge is 0.366 e. The van der Waals surface area contributed by atoms with Crippen molar-refractivity contribution >= 4 is 44.9 Å². The zero-order valence-corrected chi connectivity index (χ0v) is 18.5. The Morgan fingerprint density at radius 2 is 2.07 bits per heavy atom. The van der Waals surface area contributed by atoms with Crippen molar-refractivity contribution in [2.24, 2.45) is 5.73 Å². The van der Waals surface area contributed by atoms with E-state index >= 15 is 0 Å². The van der Waals surface area contributed by atoms with Crippen LogP contribution in [0.15, 0.2) is 30.5 Å². The summed E-state index contributed by atoms with van der Waals surface area (Å²) in [6, 6.07) is 7.45. The second-order valence-corrected chi connectivity index (χ2v) is 9.03. The van der Waals surface area contributed by atoms with Crippen LogP contribution in [0.3, 0.4) is 0 Å². The highest BCUT2D eigenvalue weighted by Crippen LogP contribution is 2.36. The van der Waals surface area contributed by atoms with Gasteiger partial charge in [-0.05, 0) is 43.6 Å². The fourth-order valence-corrected chi connectivity index (χ4v) is 4.86. The van der Waals surface area contributed by atoms with Crippen molar-refractivity contribution in [3.63, 3.8) is 0 Å². The van der Waals surface area contributed by atoms with E-state index in [2.05, 4.69) is 32.1 Å². The fraction of sp³-hybridized carbons (Fsp3) is 0.381. The van der Waals surface area contributed by atoms with E-state index in [0.717, 1.165) is 60.7 Å². The molecule has 3 heterocycles. The van der Waals surface area contributed by atoms with Gasteiger partial charge in [-0.3, -0.25) is 4.79 Å². The van der Waals surface area contributed by atoms with E-state index in [1.54, 1.807) is 18.3 Å². The number of halogens is 1. The minimum atomic E-state index is -0.435. The quantitative estimate of drug-likeness (QED) is 0.544. The van der Waals surface area contributed by atoms with Crippen molar-refractivity contribution in [2.45, 2.75) is 6.42 Å². The standard InChI is InChI=1S/C21H25ClN6OS/c1-27-7-9-28(10-8-27)6-2-5-24-21-25-13-16(22)19(26-21)18-11-14-3-4-15(20(23)29)12-17(14)30-18/h3-4,11-13H,2,5-10H2,1H3,(H2,23,29)(H,24,25,26). The average Bonchev–Trinajstić information content (AvgIpc) is 3.16. The summed E-state index contributed by atoms with van der Waals surface area (Å²) in [5.41, 5.74) is 6.57. The van der Waals surface area contributed by atoms with E-state index in [9.17, 15) is 4.79 Å². The van der Waals surface area contributed by atoms with Gasteiger partial charge in [-0.1, -0.05) is 17.7 Å². The topological polar surface area (TPSA) is 87.4 Å². The predicted octanol–water partition coefficient (Wildman–Crippen LogP) is 3.16. The first-order valence-electron chi connectivity index (χ1n) is 10.0. The first-order chi connectivity index (χ1) is 14.5. The molecule has 0 radical (unpaired) electrons. The Bertz CT molecular complexity index is 1050. The first-order valence-corrected chi connectivity index (χ1v) is 11.2. The highest BCUT2D eigenvalue weighted by molar-refractivity contribution is 7.22. The molecule has 9 heteroatoms. The second kappa shape index (κ2) is 9.26. The van der Waals surface area contributed by atoms with Crippen LogP contribution in [-0.2, 0) is 0 Å². The minimum Gasteiger partial charge on any atom is -0.366 e. The van der Waals surface area contributed by atoms with Gasteiger partial charge in [-0.15, -0.1) is 11.3 Å². The number of anilines is 1. The number of aromatic nitrogens is 2. The van der Waals surface area contributed by atoms with Gasteiger partial charge < -0.3 is 20.9 Å². The number of nitrogens with one attached hydrogen (secondary N) is 1. The van der Waals surface area contributed by atoms with Crippen LogP contribution in [0, 0.1) is 0 Å². The van der Waals surface area contributed by atoms with E-state index in [1.807, 2.05) is 12.1 Å². The highest BCUT2D eigenvalue weighted by atomic mass is 35.5. The number of primary amides is 1. The van der Waals surface area contributed by atoms with Crippen molar-refractivity contribution in [3.05, 3.63) is 41.0 Å². The molecule has 0 atom stereocenters. The third-order valence-corrected chi connectivity index (χ3v) is 6.69. The molecule has 0 spiro atoms. The Morgan fingerprint density at radius 3 is 2.83 bits per heavy atom. The summed E-state index contributed by atoms with van der Waals surface area (Å²) in [7, 11) is 2.17. The summed E-state index contributed by atoms with van der Waals surface area (Å²) >= 11 is 7.92. The van der Waals surface area contributed by atoms with Crippen molar-refractivity contribution in [3.8, 4) is 10.6 Å². The number of fused-ring (bicyclic) bond motifs is 1. The second-order valence-electron chi connectivity index (χ2n) is 7.54. The molecule has 0 unspecified atom stereocenters. The number of hydrogen-bond donors (Lipinski definition) is 2. The number of carbonyl (C=O) groups is 1. The number of carbonyl (C=O) groups excluding carboxylic acids is 1. The number of piperazine rings is 1. The Labute approximate surface area is 184 Å². The number of amides is 1. The van der Waals surface area contributed by atoms with Gasteiger partial charge in [0.05, 0.1) is 16.1 Å². The lowest BCUT2D eigenvalue weighted by Crippen LogP contribution is -2.44. The lowest BCUT2D eigenvalue weighted by Gasteiger charge is -2.32. The number of thiophene rings is 1. The van der Waals surface area contributed by atoms with E-state index in [1.165, 1.54) is 11.3 Å². The summed E-state index contributed by atoms with van der Waals surface area (Å²) in [5, 5.41) is 4.84. The molecular weight excluding hydrogens is 420 g/mol. The number of nitrogens with zero attached hydrogens (tertiary/aromatic N) is 4. The maximum absolute atomic E-state index is 11.4. The van der Waals surface area contributed by atoms with Gasteiger partial charge in [0.15, 0.2) is 0 Å². The van der Waals surface area contributed by atoms with Crippen LogP contribution >= 0.6 is 22.9 Å². The van der Waals surface area contributed by atoms with Gasteiger partial charge >= 0.3 is 0 Å². The first kappa shape index (κ1) is 21.0. The summed E-state index contributed by atoms with van der Waals surface area (Å²) in [6.45, 7) is 6.39. The zero-order chi connectivity index (χ0) is 21.1. The third kappa shape index (κ3) is 4.89. The van der Waals surface area contributed by atoms with Crippen molar-refractivity contribution in [1.82, 2.24) is 19.8 Å². The Kier molecular flexibility index (Phi) is 6.48. The average molecular weight is 445 g/mol.